The number of likely N-dealkylation sites (tertiary alicyclic amines) is 1. The topological polar surface area (TPSA) is 189 Å². The molecule has 2 aromatic carbocycles. The van der Waals surface area contributed by atoms with Crippen molar-refractivity contribution in [1.82, 2.24) is 45.1 Å². The molecule has 2 amide bonds. The van der Waals surface area contributed by atoms with E-state index in [-0.39, 0.29) is 42.5 Å². The number of hydrogen-bond acceptors (Lipinski definition) is 13. The van der Waals surface area contributed by atoms with Crippen LogP contribution in [-0.2, 0) is 9.59 Å². The highest BCUT2D eigenvalue weighted by molar-refractivity contribution is 7.13. The standard InChI is InChI=1S/C50H54N10O5S/c1-28(2)46(49(64)59-26-36(61)20-43(59)48(63)54-29(3)31-12-14-33(15-13-31)47-30(4)53-27-66-47)45-23-38(57-65-45)34-24-51-50(52-25-34)58-18-16-32(17-19-58)41-22-40-42(60(41)35-8-7-9-35)21-39(55-56-40)37-10-5-6-11-44(37)62/h5-6,10-15,21-25,27-29,32,35-36,43,46,61-62H,7-9,16-20,26H2,1-4H3,(H,54,63)/t29-,36+,43-,46-/m0/s1. The molecule has 1 saturated carbocycles. The van der Waals surface area contributed by atoms with Crippen LogP contribution < -0.4 is 10.2 Å². The van der Waals surface area contributed by atoms with Crippen molar-refractivity contribution in [2.75, 3.05) is 24.5 Å². The molecule has 0 radical (unpaired) electrons. The number of phenols is 1. The quantitative estimate of drug-likeness (QED) is 0.106. The zero-order valence-electron chi connectivity index (χ0n) is 37.5. The number of phenolic OH excluding ortho intramolecular Hbond substituents is 1. The molecule has 7 aromatic rings. The first kappa shape index (κ1) is 43.4. The zero-order chi connectivity index (χ0) is 45.6. The van der Waals surface area contributed by atoms with Crippen molar-refractivity contribution in [2.24, 2.45) is 5.92 Å². The van der Waals surface area contributed by atoms with Gasteiger partial charge >= 0.3 is 0 Å². The largest absolute Gasteiger partial charge is 0.507 e. The first-order chi connectivity index (χ1) is 32.0. The number of fused-ring (bicyclic) bond motifs is 1. The van der Waals surface area contributed by atoms with Gasteiger partial charge in [-0.05, 0) is 87.3 Å². The molecule has 66 heavy (non-hydrogen) atoms. The van der Waals surface area contributed by atoms with Crippen molar-refractivity contribution in [3.63, 3.8) is 0 Å². The first-order valence-electron chi connectivity index (χ1n) is 23.0. The summed E-state index contributed by atoms with van der Waals surface area (Å²) in [5, 5.41) is 37.8. The number of nitrogens with one attached hydrogen (secondary N) is 1. The summed E-state index contributed by atoms with van der Waals surface area (Å²) in [5.74, 6) is 0.0155. The van der Waals surface area contributed by atoms with Crippen LogP contribution in [-0.4, -0.2) is 93.6 Å². The Morgan fingerprint density at radius 3 is 2.33 bits per heavy atom. The Hall–Kier alpha value is -6.52. The maximum absolute atomic E-state index is 14.4. The molecule has 0 bridgehead atoms. The fraction of sp³-hybridized carbons (Fsp3) is 0.400. The molecule has 16 heteroatoms. The van der Waals surface area contributed by atoms with Gasteiger partial charge in [-0.2, -0.15) is 0 Å². The number of benzene rings is 2. The smallest absolute Gasteiger partial charge is 0.243 e. The SMILES string of the molecule is Cc1ncsc1-c1ccc([C@H](C)NC(=O)[C@@H]2C[C@@H](O)CN2C(=O)[C@H](c2cc(-c3cnc(N4CCC(c5cc6nnc(-c7ccccc7O)cc6n5C5CCC5)CC4)nc3)no2)C(C)C)cc1. The highest BCUT2D eigenvalue weighted by Crippen LogP contribution is 2.42. The van der Waals surface area contributed by atoms with Crippen molar-refractivity contribution in [3.05, 3.63) is 107 Å². The third kappa shape index (κ3) is 8.32. The predicted molar refractivity (Wildman–Crippen MR) is 252 cm³/mol. The Bertz CT molecular complexity index is 2860. The molecule has 4 atom stereocenters. The van der Waals surface area contributed by atoms with Gasteiger partial charge in [0.1, 0.15) is 34.7 Å². The lowest BCUT2D eigenvalue weighted by Gasteiger charge is -2.35. The maximum Gasteiger partial charge on any atom is 0.243 e. The van der Waals surface area contributed by atoms with Gasteiger partial charge in [0, 0.05) is 73.3 Å². The summed E-state index contributed by atoms with van der Waals surface area (Å²) in [4.78, 5) is 46.8. The second-order valence-electron chi connectivity index (χ2n) is 18.4. The molecule has 3 fully saturated rings. The number of nitrogens with zero attached hydrogens (tertiary/aromatic N) is 9. The summed E-state index contributed by atoms with van der Waals surface area (Å²) in [6.45, 7) is 9.40. The average Bonchev–Trinajstić information content (AvgIpc) is 4.13. The molecule has 0 spiro atoms. The van der Waals surface area contributed by atoms with Crippen molar-refractivity contribution in [2.45, 2.75) is 102 Å². The van der Waals surface area contributed by atoms with Gasteiger partial charge in [0.2, 0.25) is 17.8 Å². The van der Waals surface area contributed by atoms with E-state index in [2.05, 4.69) is 47.3 Å². The molecular weight excluding hydrogens is 853 g/mol. The van der Waals surface area contributed by atoms with Crippen molar-refractivity contribution in [3.8, 4) is 38.7 Å². The number of aliphatic hydroxyl groups is 1. The summed E-state index contributed by atoms with van der Waals surface area (Å²) < 4.78 is 8.35. The number of rotatable bonds is 12. The van der Waals surface area contributed by atoms with Crippen LogP contribution in [0.2, 0.25) is 0 Å². The molecule has 2 aliphatic heterocycles. The molecule has 3 N–H and O–H groups in total. The Morgan fingerprint density at radius 1 is 0.894 bits per heavy atom. The van der Waals surface area contributed by atoms with E-state index in [9.17, 15) is 19.8 Å². The number of carbonyl (C=O) groups is 2. The Labute approximate surface area is 386 Å². The lowest BCUT2D eigenvalue weighted by molar-refractivity contribution is -0.141. The van der Waals surface area contributed by atoms with Crippen LogP contribution in [0.5, 0.6) is 5.75 Å². The normalized spacial score (nSPS) is 19.1. The molecule has 2 saturated heterocycles. The number of anilines is 1. The van der Waals surface area contributed by atoms with Gasteiger partial charge in [-0.1, -0.05) is 55.4 Å². The average molecular weight is 907 g/mol. The minimum absolute atomic E-state index is 0.0470. The Kier molecular flexibility index (Phi) is 11.9. The van der Waals surface area contributed by atoms with E-state index in [1.54, 1.807) is 35.9 Å². The maximum atomic E-state index is 14.4. The van der Waals surface area contributed by atoms with Crippen LogP contribution in [0.3, 0.4) is 0 Å². The number of hydrogen-bond donors (Lipinski definition) is 3. The number of aryl methyl sites for hydroxylation is 1. The summed E-state index contributed by atoms with van der Waals surface area (Å²) in [5.41, 5.74) is 10.6. The number of para-hydroxylation sites is 1. The van der Waals surface area contributed by atoms with Crippen LogP contribution in [0.1, 0.15) is 106 Å². The molecule has 1 aliphatic carbocycles. The lowest BCUT2D eigenvalue weighted by Crippen LogP contribution is -2.48. The molecule has 7 heterocycles. The Balaban J connectivity index is 0.790. The highest BCUT2D eigenvalue weighted by atomic mass is 32.1. The number of aromatic nitrogens is 7. The lowest BCUT2D eigenvalue weighted by atomic mass is 9.89. The number of β-amino-alcohol motifs (C(OH)–C–C–N with tert-alkyl or cyclic N) is 1. The highest BCUT2D eigenvalue weighted by Gasteiger charge is 2.43. The number of piperidine rings is 1. The third-order valence-electron chi connectivity index (χ3n) is 13.8. The third-order valence-corrected chi connectivity index (χ3v) is 14.8. The number of aromatic hydroxyl groups is 1. The molecule has 340 valence electrons. The van der Waals surface area contributed by atoms with E-state index in [4.69, 9.17) is 14.5 Å². The zero-order valence-corrected chi connectivity index (χ0v) is 38.4. The molecule has 5 aromatic heterocycles. The molecular formula is C50H54N10O5S. The number of amides is 2. The Morgan fingerprint density at radius 2 is 1.65 bits per heavy atom. The van der Waals surface area contributed by atoms with Gasteiger partial charge in [-0.25, -0.2) is 15.0 Å². The summed E-state index contributed by atoms with van der Waals surface area (Å²) in [7, 11) is 0. The minimum Gasteiger partial charge on any atom is -0.507 e. The fourth-order valence-corrected chi connectivity index (χ4v) is 10.7. The number of aliphatic hydroxyl groups excluding tert-OH is 1. The van der Waals surface area contributed by atoms with E-state index in [0.29, 0.717) is 46.2 Å². The number of thiazole rings is 1. The second-order valence-corrected chi connectivity index (χ2v) is 19.3. The summed E-state index contributed by atoms with van der Waals surface area (Å²) in [6, 6.07) is 20.6. The summed E-state index contributed by atoms with van der Waals surface area (Å²) in [6.07, 6.45) is 8.14. The van der Waals surface area contributed by atoms with Gasteiger partial charge in [-0.15, -0.1) is 21.5 Å². The predicted octanol–water partition coefficient (Wildman–Crippen LogP) is 8.37. The fourth-order valence-electron chi connectivity index (χ4n) is 9.90. The van der Waals surface area contributed by atoms with E-state index >= 15 is 0 Å². The van der Waals surface area contributed by atoms with Crippen LogP contribution in [0.25, 0.3) is 44.0 Å². The minimum atomic E-state index is -0.838. The van der Waals surface area contributed by atoms with Gasteiger partial charge in [0.15, 0.2) is 0 Å². The van der Waals surface area contributed by atoms with Gasteiger partial charge in [-0.3, -0.25) is 9.59 Å². The van der Waals surface area contributed by atoms with Crippen molar-refractivity contribution < 1.29 is 24.3 Å². The molecule has 0 unspecified atom stereocenters. The monoisotopic (exact) mass is 906 g/mol. The van der Waals surface area contributed by atoms with E-state index in [1.165, 1.54) is 17.0 Å². The summed E-state index contributed by atoms with van der Waals surface area (Å²) >= 11 is 1.59. The van der Waals surface area contributed by atoms with Crippen molar-refractivity contribution in [1.29, 1.82) is 0 Å². The number of carbonyl (C=O) groups excluding carboxylic acids is 2. The van der Waals surface area contributed by atoms with Crippen molar-refractivity contribution >= 4 is 40.1 Å². The molecule has 10 rings (SSSR count). The van der Waals surface area contributed by atoms with Crippen LogP contribution >= 0.6 is 11.3 Å². The van der Waals surface area contributed by atoms with Gasteiger partial charge < -0.3 is 34.4 Å². The van der Waals surface area contributed by atoms with E-state index in [1.807, 2.05) is 75.7 Å². The van der Waals surface area contributed by atoms with Gasteiger partial charge in [0.05, 0.1) is 39.4 Å². The molecule has 15 nitrogen and oxygen atoms in total. The van der Waals surface area contributed by atoms with Gasteiger partial charge in [0.25, 0.3) is 0 Å². The molecule has 3 aliphatic rings. The van der Waals surface area contributed by atoms with E-state index < -0.39 is 18.1 Å². The van der Waals surface area contributed by atoms with E-state index in [0.717, 1.165) is 71.5 Å². The first-order valence-corrected chi connectivity index (χ1v) is 23.9. The van der Waals surface area contributed by atoms with Crippen LogP contribution in [0.15, 0.2) is 89.2 Å². The second kappa shape index (κ2) is 18.0. The van der Waals surface area contributed by atoms with Crippen LogP contribution in [0, 0.1) is 12.8 Å². The van der Waals surface area contributed by atoms with Crippen LogP contribution in [0.4, 0.5) is 5.95 Å².